The third-order valence-corrected chi connectivity index (χ3v) is 7.20. The van der Waals surface area contributed by atoms with Crippen LogP contribution in [0.5, 0.6) is 0 Å². The molecule has 10 heteroatoms. The number of fused-ring (bicyclic) bond motifs is 2. The van der Waals surface area contributed by atoms with Crippen LogP contribution in [0.3, 0.4) is 0 Å². The molecule has 1 amide bonds. The summed E-state index contributed by atoms with van der Waals surface area (Å²) in [6.07, 6.45) is 0. The number of thioether (sulfide) groups is 1. The van der Waals surface area contributed by atoms with E-state index in [1.54, 1.807) is 29.7 Å². The van der Waals surface area contributed by atoms with Crippen LogP contribution in [0.4, 0.5) is 5.69 Å². The molecule has 1 unspecified atom stereocenters. The monoisotopic (exact) mass is 443 g/mol. The Kier molecular flexibility index (Phi) is 5.29. The van der Waals surface area contributed by atoms with Crippen LogP contribution in [0.15, 0.2) is 32.9 Å². The van der Waals surface area contributed by atoms with Gasteiger partial charge in [-0.2, -0.15) is 0 Å². The van der Waals surface area contributed by atoms with Gasteiger partial charge in [-0.05, 0) is 51.5 Å². The van der Waals surface area contributed by atoms with Gasteiger partial charge in [0.25, 0.3) is 5.56 Å². The first-order chi connectivity index (χ1) is 14.3. The number of anilines is 1. The van der Waals surface area contributed by atoms with Crippen LogP contribution in [0.2, 0.25) is 0 Å². The summed E-state index contributed by atoms with van der Waals surface area (Å²) in [4.78, 5) is 48.9. The van der Waals surface area contributed by atoms with Gasteiger partial charge in [0.05, 0.1) is 21.7 Å². The number of hydrogen-bond donors (Lipinski definition) is 3. The molecule has 30 heavy (non-hydrogen) atoms. The maximum atomic E-state index is 13.0. The molecular formula is C20H21N5O3S2. The number of aryl methyl sites for hydroxylation is 2. The number of benzene rings is 1. The van der Waals surface area contributed by atoms with Gasteiger partial charge >= 0.3 is 5.69 Å². The highest BCUT2D eigenvalue weighted by molar-refractivity contribution is 8.00. The number of hydrogen-bond acceptors (Lipinski definition) is 6. The minimum Gasteiger partial charge on any atom is -0.325 e. The lowest BCUT2D eigenvalue weighted by Crippen LogP contribution is -2.26. The Balaban J connectivity index is 1.59. The largest absolute Gasteiger partial charge is 0.325 e. The molecule has 0 aliphatic carbocycles. The van der Waals surface area contributed by atoms with Gasteiger partial charge < -0.3 is 15.3 Å². The highest BCUT2D eigenvalue weighted by Crippen LogP contribution is 2.30. The average Bonchev–Trinajstić information content (AvgIpc) is 3.20. The number of rotatable bonds is 5. The van der Waals surface area contributed by atoms with Crippen LogP contribution in [0.1, 0.15) is 24.3 Å². The summed E-state index contributed by atoms with van der Waals surface area (Å²) in [6.45, 7) is 8.07. The third-order valence-electron chi connectivity index (χ3n) is 5.00. The van der Waals surface area contributed by atoms with Crippen molar-refractivity contribution in [1.82, 2.24) is 19.5 Å². The SMILES string of the molecule is CCn1c(SC(C)C(=O)Nc2ccc3[nH]c(=O)[nH]c3c2)nc2sc(C)c(C)c2c1=O. The zero-order valence-electron chi connectivity index (χ0n) is 17.0. The lowest BCUT2D eigenvalue weighted by atomic mass is 10.2. The average molecular weight is 444 g/mol. The Morgan fingerprint density at radius 3 is 2.73 bits per heavy atom. The van der Waals surface area contributed by atoms with Crippen LogP contribution >= 0.6 is 23.1 Å². The first-order valence-electron chi connectivity index (χ1n) is 9.48. The Morgan fingerprint density at radius 1 is 1.27 bits per heavy atom. The number of carbonyl (C=O) groups excluding carboxylic acids is 1. The van der Waals surface area contributed by atoms with Crippen LogP contribution in [0.25, 0.3) is 21.3 Å². The molecule has 156 valence electrons. The highest BCUT2D eigenvalue weighted by Gasteiger charge is 2.21. The van der Waals surface area contributed by atoms with Crippen LogP contribution < -0.4 is 16.6 Å². The number of H-pyrrole nitrogens is 2. The van der Waals surface area contributed by atoms with E-state index in [2.05, 4.69) is 20.3 Å². The maximum absolute atomic E-state index is 13.0. The zero-order chi connectivity index (χ0) is 21.6. The Hall–Kier alpha value is -2.85. The smallest absolute Gasteiger partial charge is 0.323 e. The lowest BCUT2D eigenvalue weighted by Gasteiger charge is -2.15. The second-order valence-corrected chi connectivity index (χ2v) is 9.51. The normalized spacial score (nSPS) is 12.5. The van der Waals surface area contributed by atoms with Crippen molar-refractivity contribution in [2.75, 3.05) is 5.32 Å². The molecule has 0 aliphatic heterocycles. The Morgan fingerprint density at radius 2 is 2.00 bits per heavy atom. The van der Waals surface area contributed by atoms with Crippen molar-refractivity contribution < 1.29 is 4.79 Å². The molecule has 3 aromatic heterocycles. The fourth-order valence-electron chi connectivity index (χ4n) is 3.24. The Bertz CT molecular complexity index is 1400. The number of aromatic amines is 2. The Labute approximate surface area is 179 Å². The predicted octanol–water partition coefficient (Wildman–Crippen LogP) is 3.38. The van der Waals surface area contributed by atoms with E-state index in [0.717, 1.165) is 10.4 Å². The first kappa shape index (κ1) is 20.4. The standard InChI is InChI=1S/C20H21N5O3S2/c1-5-25-18(27)15-9(2)10(3)29-17(15)24-20(25)30-11(4)16(26)21-12-6-7-13-14(8-12)23-19(28)22-13/h6-8,11H,5H2,1-4H3,(H,21,26)(H2,22,23,28). The van der Waals surface area contributed by atoms with Gasteiger partial charge in [-0.15, -0.1) is 11.3 Å². The number of imidazole rings is 1. The summed E-state index contributed by atoms with van der Waals surface area (Å²) in [7, 11) is 0. The van der Waals surface area contributed by atoms with Crippen molar-refractivity contribution in [3.63, 3.8) is 0 Å². The molecule has 0 spiro atoms. The zero-order valence-corrected chi connectivity index (χ0v) is 18.6. The van der Waals surface area contributed by atoms with Gasteiger partial charge in [-0.25, -0.2) is 9.78 Å². The van der Waals surface area contributed by atoms with Crippen molar-refractivity contribution in [2.24, 2.45) is 0 Å². The van der Waals surface area contributed by atoms with E-state index in [4.69, 9.17) is 0 Å². The summed E-state index contributed by atoms with van der Waals surface area (Å²) < 4.78 is 1.62. The van der Waals surface area contributed by atoms with Gasteiger partial charge in [0, 0.05) is 17.1 Å². The molecule has 1 atom stereocenters. The molecule has 8 nitrogen and oxygen atoms in total. The fourth-order valence-corrected chi connectivity index (χ4v) is 5.29. The van der Waals surface area contributed by atoms with E-state index in [1.807, 2.05) is 20.8 Å². The topological polar surface area (TPSA) is 113 Å². The fraction of sp³-hybridized carbons (Fsp3) is 0.300. The van der Waals surface area contributed by atoms with Crippen LogP contribution in [-0.2, 0) is 11.3 Å². The molecule has 3 heterocycles. The van der Waals surface area contributed by atoms with E-state index in [9.17, 15) is 14.4 Å². The van der Waals surface area contributed by atoms with Crippen LogP contribution in [-0.4, -0.2) is 30.7 Å². The number of nitrogens with one attached hydrogen (secondary N) is 3. The van der Waals surface area contributed by atoms with Crippen LogP contribution in [0, 0.1) is 13.8 Å². The van der Waals surface area contributed by atoms with Gasteiger partial charge in [0.1, 0.15) is 4.83 Å². The molecule has 0 saturated carbocycles. The van der Waals surface area contributed by atoms with E-state index in [0.29, 0.717) is 38.6 Å². The molecule has 1 aromatic carbocycles. The molecular weight excluding hydrogens is 422 g/mol. The highest BCUT2D eigenvalue weighted by atomic mass is 32.2. The maximum Gasteiger partial charge on any atom is 0.323 e. The number of carbonyl (C=O) groups is 1. The molecule has 4 aromatic rings. The number of aromatic nitrogens is 4. The van der Waals surface area contributed by atoms with Crippen molar-refractivity contribution in [2.45, 2.75) is 44.6 Å². The molecule has 4 rings (SSSR count). The second-order valence-electron chi connectivity index (χ2n) is 7.00. The van der Waals surface area contributed by atoms with E-state index in [-0.39, 0.29) is 17.2 Å². The summed E-state index contributed by atoms with van der Waals surface area (Å²) in [5.74, 6) is -0.215. The van der Waals surface area contributed by atoms with Crippen molar-refractivity contribution in [3.05, 3.63) is 49.5 Å². The minimum absolute atomic E-state index is 0.0682. The second kappa shape index (κ2) is 7.77. The van der Waals surface area contributed by atoms with Gasteiger partial charge in [-0.1, -0.05) is 11.8 Å². The van der Waals surface area contributed by atoms with Crippen molar-refractivity contribution >= 4 is 55.9 Å². The molecule has 3 N–H and O–H groups in total. The molecule has 0 aliphatic rings. The van der Waals surface area contributed by atoms with Gasteiger partial charge in [0.2, 0.25) is 5.91 Å². The predicted molar refractivity (Wildman–Crippen MR) is 122 cm³/mol. The van der Waals surface area contributed by atoms with Gasteiger partial charge in [0.15, 0.2) is 5.16 Å². The summed E-state index contributed by atoms with van der Waals surface area (Å²) >= 11 is 2.75. The third kappa shape index (κ3) is 3.56. The molecule has 0 bridgehead atoms. The molecule has 0 saturated heterocycles. The van der Waals surface area contributed by atoms with Crippen molar-refractivity contribution in [3.8, 4) is 0 Å². The van der Waals surface area contributed by atoms with Crippen molar-refractivity contribution in [1.29, 1.82) is 0 Å². The number of amides is 1. The van der Waals surface area contributed by atoms with E-state index < -0.39 is 5.25 Å². The van der Waals surface area contributed by atoms with E-state index in [1.165, 1.54) is 23.1 Å². The van der Waals surface area contributed by atoms with Gasteiger partial charge in [-0.3, -0.25) is 14.2 Å². The summed E-state index contributed by atoms with van der Waals surface area (Å²) in [5, 5.41) is 3.57. The minimum atomic E-state index is -0.477. The molecule has 0 fully saturated rings. The number of nitrogens with zero attached hydrogens (tertiary/aromatic N) is 2. The van der Waals surface area contributed by atoms with E-state index >= 15 is 0 Å². The number of thiophene rings is 1. The first-order valence-corrected chi connectivity index (χ1v) is 11.2. The molecule has 0 radical (unpaired) electrons. The lowest BCUT2D eigenvalue weighted by molar-refractivity contribution is -0.115. The summed E-state index contributed by atoms with van der Waals surface area (Å²) in [5.41, 5.74) is 2.47. The quantitative estimate of drug-likeness (QED) is 0.323. The summed E-state index contributed by atoms with van der Waals surface area (Å²) in [6, 6.07) is 5.16.